The Balaban J connectivity index is 3.67. The van der Waals surface area contributed by atoms with Crippen molar-refractivity contribution in [2.75, 3.05) is 0 Å². The maximum absolute atomic E-state index is 10.8. The van der Waals surface area contributed by atoms with E-state index in [2.05, 4.69) is 0 Å². The van der Waals surface area contributed by atoms with Crippen LogP contribution in [0.3, 0.4) is 0 Å². The molecular formula is C7H5N3O6. The van der Waals surface area contributed by atoms with Crippen molar-refractivity contribution in [3.63, 3.8) is 0 Å². The molecule has 3 N–H and O–H groups in total. The SMILES string of the molecule is NC(=O)c1cc(O)cc([N+](=O)[O-])c1[N+](=O)[O-]. The van der Waals surface area contributed by atoms with Crippen LogP contribution < -0.4 is 5.73 Å². The molecule has 0 fully saturated rings. The molecule has 1 amide bonds. The van der Waals surface area contributed by atoms with Crippen LogP contribution >= 0.6 is 0 Å². The maximum Gasteiger partial charge on any atom is 0.358 e. The third kappa shape index (κ3) is 1.87. The summed E-state index contributed by atoms with van der Waals surface area (Å²) in [5.74, 6) is -1.88. The van der Waals surface area contributed by atoms with Gasteiger partial charge in [0.15, 0.2) is 0 Å². The molecule has 1 rings (SSSR count). The summed E-state index contributed by atoms with van der Waals surface area (Å²) in [4.78, 5) is 29.7. The molecule has 0 saturated carbocycles. The molecule has 0 aliphatic carbocycles. The van der Waals surface area contributed by atoms with Gasteiger partial charge in [0, 0.05) is 6.07 Å². The first kappa shape index (κ1) is 11.4. The minimum atomic E-state index is -1.23. The first-order valence-electron chi connectivity index (χ1n) is 3.80. The van der Waals surface area contributed by atoms with Crippen molar-refractivity contribution in [2.45, 2.75) is 0 Å². The van der Waals surface area contributed by atoms with Gasteiger partial charge in [0.05, 0.1) is 15.9 Å². The average molecular weight is 227 g/mol. The van der Waals surface area contributed by atoms with Crippen molar-refractivity contribution in [2.24, 2.45) is 5.73 Å². The van der Waals surface area contributed by atoms with Gasteiger partial charge in [-0.15, -0.1) is 0 Å². The zero-order chi connectivity index (χ0) is 12.5. The summed E-state index contributed by atoms with van der Waals surface area (Å²) in [7, 11) is 0. The molecule has 0 atom stereocenters. The normalized spacial score (nSPS) is 9.75. The Morgan fingerprint density at radius 2 is 1.81 bits per heavy atom. The molecule has 0 aromatic heterocycles. The molecule has 84 valence electrons. The van der Waals surface area contributed by atoms with Crippen LogP contribution in [0.25, 0.3) is 0 Å². The van der Waals surface area contributed by atoms with E-state index in [0.29, 0.717) is 12.1 Å². The highest BCUT2D eigenvalue weighted by molar-refractivity contribution is 5.99. The highest BCUT2D eigenvalue weighted by Crippen LogP contribution is 2.34. The Morgan fingerprint density at radius 3 is 2.19 bits per heavy atom. The van der Waals surface area contributed by atoms with E-state index in [0.717, 1.165) is 0 Å². The number of carbonyl (C=O) groups excluding carboxylic acids is 1. The molecule has 1 aromatic carbocycles. The number of nitrogens with two attached hydrogens (primary N) is 1. The van der Waals surface area contributed by atoms with Gasteiger partial charge >= 0.3 is 11.4 Å². The first-order valence-corrected chi connectivity index (χ1v) is 3.80. The van der Waals surface area contributed by atoms with Gasteiger partial charge in [-0.05, 0) is 0 Å². The molecule has 0 heterocycles. The number of phenolic OH excluding ortho intramolecular Hbond substituents is 1. The first-order chi connectivity index (χ1) is 7.34. The topological polar surface area (TPSA) is 150 Å². The zero-order valence-electron chi connectivity index (χ0n) is 7.61. The average Bonchev–Trinajstić information content (AvgIpc) is 2.15. The lowest BCUT2D eigenvalue weighted by molar-refractivity contribution is -0.422. The Labute approximate surface area is 87.4 Å². The smallest absolute Gasteiger partial charge is 0.358 e. The van der Waals surface area contributed by atoms with Gasteiger partial charge in [-0.3, -0.25) is 25.0 Å². The number of hydrogen-bond acceptors (Lipinski definition) is 6. The number of nitro benzene ring substituents is 2. The molecule has 0 unspecified atom stereocenters. The molecule has 9 heteroatoms. The molecule has 0 bridgehead atoms. The van der Waals surface area contributed by atoms with Gasteiger partial charge < -0.3 is 10.8 Å². The van der Waals surface area contributed by atoms with E-state index in [9.17, 15) is 25.0 Å². The Kier molecular flexibility index (Phi) is 2.70. The highest BCUT2D eigenvalue weighted by Gasteiger charge is 2.32. The number of primary amides is 1. The number of aromatic hydroxyl groups is 1. The standard InChI is InChI=1S/C7H5N3O6/c8-7(12)4-1-3(11)2-5(9(13)14)6(4)10(15)16/h1-2,11H,(H2,8,12). The van der Waals surface area contributed by atoms with Crippen LogP contribution in [0.15, 0.2) is 12.1 Å². The number of nitro groups is 2. The second-order valence-corrected chi connectivity index (χ2v) is 2.74. The predicted molar refractivity (Wildman–Crippen MR) is 49.9 cm³/mol. The van der Waals surface area contributed by atoms with Crippen LogP contribution in [0.1, 0.15) is 10.4 Å². The lowest BCUT2D eigenvalue weighted by atomic mass is 10.1. The third-order valence-corrected chi connectivity index (χ3v) is 1.72. The molecular weight excluding hydrogens is 222 g/mol. The fraction of sp³-hybridized carbons (Fsp3) is 0. The van der Waals surface area contributed by atoms with Crippen LogP contribution in [0.5, 0.6) is 5.75 Å². The summed E-state index contributed by atoms with van der Waals surface area (Å²) >= 11 is 0. The van der Waals surface area contributed by atoms with E-state index in [1.54, 1.807) is 0 Å². The molecule has 9 nitrogen and oxygen atoms in total. The van der Waals surface area contributed by atoms with Crippen LogP contribution in [0.2, 0.25) is 0 Å². The highest BCUT2D eigenvalue weighted by atomic mass is 16.6. The van der Waals surface area contributed by atoms with Crippen molar-refractivity contribution >= 4 is 17.3 Å². The van der Waals surface area contributed by atoms with E-state index in [1.807, 2.05) is 0 Å². The maximum atomic E-state index is 10.8. The van der Waals surface area contributed by atoms with Crippen LogP contribution in [-0.2, 0) is 0 Å². The molecule has 0 saturated heterocycles. The lowest BCUT2D eigenvalue weighted by Gasteiger charge is -2.00. The van der Waals surface area contributed by atoms with Crippen molar-refractivity contribution in [1.82, 2.24) is 0 Å². The van der Waals surface area contributed by atoms with Crippen LogP contribution in [0, 0.1) is 20.2 Å². The van der Waals surface area contributed by atoms with Crippen molar-refractivity contribution < 1.29 is 19.7 Å². The van der Waals surface area contributed by atoms with Gasteiger partial charge in [0.2, 0.25) is 0 Å². The van der Waals surface area contributed by atoms with Gasteiger partial charge in [-0.2, -0.15) is 0 Å². The van der Waals surface area contributed by atoms with E-state index in [-0.39, 0.29) is 0 Å². The number of phenols is 1. The summed E-state index contributed by atoms with van der Waals surface area (Å²) in [6, 6.07) is 1.28. The predicted octanol–water partition coefficient (Wildman–Crippen LogP) is 0.307. The number of amides is 1. The van der Waals surface area contributed by atoms with E-state index >= 15 is 0 Å². The number of nitrogens with zero attached hydrogens (tertiary/aromatic N) is 2. The largest absolute Gasteiger partial charge is 0.508 e. The van der Waals surface area contributed by atoms with E-state index < -0.39 is 38.4 Å². The second kappa shape index (κ2) is 3.81. The number of benzene rings is 1. The summed E-state index contributed by atoms with van der Waals surface area (Å²) in [5, 5.41) is 30.1. The van der Waals surface area contributed by atoms with Gasteiger partial charge in [-0.1, -0.05) is 0 Å². The monoisotopic (exact) mass is 227 g/mol. The molecule has 1 aromatic rings. The van der Waals surface area contributed by atoms with Crippen molar-refractivity contribution in [3.05, 3.63) is 37.9 Å². The minimum Gasteiger partial charge on any atom is -0.508 e. The molecule has 0 radical (unpaired) electrons. The Morgan fingerprint density at radius 1 is 1.25 bits per heavy atom. The number of carbonyl (C=O) groups is 1. The summed E-state index contributed by atoms with van der Waals surface area (Å²) in [6.45, 7) is 0. The van der Waals surface area contributed by atoms with Crippen LogP contribution in [-0.4, -0.2) is 20.9 Å². The zero-order valence-corrected chi connectivity index (χ0v) is 7.61. The second-order valence-electron chi connectivity index (χ2n) is 2.74. The molecule has 0 aliphatic heterocycles. The molecule has 0 spiro atoms. The van der Waals surface area contributed by atoms with Gasteiger partial charge in [0.1, 0.15) is 11.3 Å². The van der Waals surface area contributed by atoms with Crippen LogP contribution in [0.4, 0.5) is 11.4 Å². The summed E-state index contributed by atoms with van der Waals surface area (Å²) in [5.41, 5.74) is 2.08. The Bertz CT molecular complexity index is 462. The third-order valence-electron chi connectivity index (χ3n) is 1.72. The van der Waals surface area contributed by atoms with Gasteiger partial charge in [0.25, 0.3) is 5.91 Å². The fourth-order valence-electron chi connectivity index (χ4n) is 1.12. The summed E-state index contributed by atoms with van der Waals surface area (Å²) in [6.07, 6.45) is 0. The Hall–Kier alpha value is -2.71. The quantitative estimate of drug-likeness (QED) is 0.560. The fourth-order valence-corrected chi connectivity index (χ4v) is 1.12. The minimum absolute atomic E-state index is 0.574. The molecule has 16 heavy (non-hydrogen) atoms. The molecule has 0 aliphatic rings. The van der Waals surface area contributed by atoms with Crippen molar-refractivity contribution in [1.29, 1.82) is 0 Å². The van der Waals surface area contributed by atoms with Gasteiger partial charge in [-0.25, -0.2) is 0 Å². The number of rotatable bonds is 3. The van der Waals surface area contributed by atoms with E-state index in [1.165, 1.54) is 0 Å². The number of hydrogen-bond donors (Lipinski definition) is 2. The van der Waals surface area contributed by atoms with Crippen molar-refractivity contribution in [3.8, 4) is 5.75 Å². The summed E-state index contributed by atoms with van der Waals surface area (Å²) < 4.78 is 0. The van der Waals surface area contributed by atoms with E-state index in [4.69, 9.17) is 10.8 Å². The lowest BCUT2D eigenvalue weighted by Crippen LogP contribution is -2.14.